The Labute approximate surface area is 155 Å². The van der Waals surface area contributed by atoms with Crippen molar-refractivity contribution in [3.63, 3.8) is 0 Å². The van der Waals surface area contributed by atoms with Gasteiger partial charge < -0.3 is 4.90 Å². The van der Waals surface area contributed by atoms with Crippen LogP contribution in [-0.4, -0.2) is 34.2 Å². The number of aryl methyl sites for hydroxylation is 2. The van der Waals surface area contributed by atoms with E-state index in [1.54, 1.807) is 24.0 Å². The van der Waals surface area contributed by atoms with E-state index in [0.717, 1.165) is 18.9 Å². The number of aromatic nitrogens is 2. The van der Waals surface area contributed by atoms with Crippen molar-refractivity contribution in [2.75, 3.05) is 13.1 Å². The molecule has 2 heterocycles. The lowest BCUT2D eigenvalue weighted by Gasteiger charge is -2.32. The Morgan fingerprint density at radius 3 is 2.56 bits per heavy atom. The number of carbonyl (C=O) groups excluding carboxylic acids is 1. The van der Waals surface area contributed by atoms with Crippen LogP contribution in [0.1, 0.15) is 41.8 Å². The van der Waals surface area contributed by atoms with Gasteiger partial charge >= 0.3 is 6.18 Å². The van der Waals surface area contributed by atoms with Crippen LogP contribution in [-0.2, 0) is 23.8 Å². The Kier molecular flexibility index (Phi) is 5.82. The number of likely N-dealkylation sites (tertiary alicyclic amines) is 1. The molecule has 0 atom stereocenters. The van der Waals surface area contributed by atoms with Crippen molar-refractivity contribution in [3.8, 4) is 0 Å². The van der Waals surface area contributed by atoms with E-state index in [1.807, 2.05) is 0 Å². The fourth-order valence-corrected chi connectivity index (χ4v) is 3.51. The maximum Gasteiger partial charge on any atom is 0.416 e. The number of halogens is 3. The number of piperidine rings is 1. The third-order valence-electron chi connectivity index (χ3n) is 5.18. The van der Waals surface area contributed by atoms with Crippen LogP contribution in [0, 0.1) is 12.8 Å². The molecule has 1 aromatic carbocycles. The second-order valence-electron chi connectivity index (χ2n) is 6.99. The number of benzene rings is 1. The molecular weight excluding hydrogens is 359 g/mol. The normalized spacial score (nSPS) is 15.9. The first-order chi connectivity index (χ1) is 12.8. The lowest BCUT2D eigenvalue weighted by molar-refractivity contribution is -0.138. The van der Waals surface area contributed by atoms with Crippen molar-refractivity contribution in [3.05, 3.63) is 46.8 Å². The summed E-state index contributed by atoms with van der Waals surface area (Å²) in [6.45, 7) is 2.98. The summed E-state index contributed by atoms with van der Waals surface area (Å²) in [7, 11) is 0. The Morgan fingerprint density at radius 1 is 1.22 bits per heavy atom. The van der Waals surface area contributed by atoms with Gasteiger partial charge in [0.05, 0.1) is 12.0 Å². The minimum atomic E-state index is -4.32. The molecule has 146 valence electrons. The van der Waals surface area contributed by atoms with Crippen LogP contribution in [0.4, 0.5) is 13.2 Å². The lowest BCUT2D eigenvalue weighted by atomic mass is 9.89. The largest absolute Gasteiger partial charge is 0.416 e. The van der Waals surface area contributed by atoms with E-state index in [-0.39, 0.29) is 12.3 Å². The van der Waals surface area contributed by atoms with Gasteiger partial charge in [-0.1, -0.05) is 28.5 Å². The number of nitrogens with zero attached hydrogens (tertiary/aromatic N) is 3. The van der Waals surface area contributed by atoms with Crippen LogP contribution in [0.5, 0.6) is 0 Å². The van der Waals surface area contributed by atoms with Crippen molar-refractivity contribution in [1.29, 1.82) is 0 Å². The van der Waals surface area contributed by atoms with Gasteiger partial charge in [0, 0.05) is 13.1 Å². The highest BCUT2D eigenvalue weighted by atomic mass is 19.4. The number of amides is 1. The number of carbonyl (C=O) groups is 1. The zero-order valence-electron chi connectivity index (χ0n) is 15.1. The first-order valence-electron chi connectivity index (χ1n) is 9.05. The van der Waals surface area contributed by atoms with Crippen LogP contribution in [0.3, 0.4) is 0 Å². The summed E-state index contributed by atoms with van der Waals surface area (Å²) in [5.41, 5.74) is 0.958. The number of alkyl halides is 3. The maximum atomic E-state index is 13.1. The fraction of sp³-hybridized carbons (Fsp3) is 0.526. The number of rotatable bonds is 5. The molecule has 1 amide bonds. The van der Waals surface area contributed by atoms with Crippen LogP contribution in [0.15, 0.2) is 28.9 Å². The average Bonchev–Trinajstić information content (AvgIpc) is 3.04. The van der Waals surface area contributed by atoms with Gasteiger partial charge in [0.25, 0.3) is 0 Å². The molecule has 1 fully saturated rings. The second kappa shape index (κ2) is 8.10. The summed E-state index contributed by atoms with van der Waals surface area (Å²) in [4.78, 5) is 14.1. The molecule has 1 aliphatic rings. The SMILES string of the molecule is Cc1nonc1CC(=O)N1CCC(CCc2ccccc2C(F)(F)F)CC1. The molecule has 0 spiro atoms. The molecular formula is C19H22F3N3O2. The van der Waals surface area contributed by atoms with E-state index < -0.39 is 11.7 Å². The van der Waals surface area contributed by atoms with Gasteiger partial charge in [-0.25, -0.2) is 4.63 Å². The molecule has 0 radical (unpaired) electrons. The maximum absolute atomic E-state index is 13.1. The molecule has 2 aromatic rings. The standard InChI is InChI=1S/C19H22F3N3O2/c1-13-17(24-27-23-13)12-18(26)25-10-8-14(9-11-25)6-7-15-4-2-3-5-16(15)19(20,21)22/h2-5,14H,6-12H2,1H3. The van der Waals surface area contributed by atoms with Crippen LogP contribution < -0.4 is 0 Å². The average molecular weight is 381 g/mol. The molecule has 27 heavy (non-hydrogen) atoms. The predicted molar refractivity (Wildman–Crippen MR) is 91.8 cm³/mol. The van der Waals surface area contributed by atoms with Gasteiger partial charge in [-0.2, -0.15) is 13.2 Å². The molecule has 1 aliphatic heterocycles. The molecule has 0 saturated carbocycles. The van der Waals surface area contributed by atoms with Gasteiger partial charge in [-0.05, 0) is 50.2 Å². The molecule has 3 rings (SSSR count). The fourth-order valence-electron chi connectivity index (χ4n) is 3.51. The highest BCUT2D eigenvalue weighted by molar-refractivity contribution is 5.78. The van der Waals surface area contributed by atoms with Crippen molar-refractivity contribution in [2.45, 2.75) is 45.2 Å². The van der Waals surface area contributed by atoms with E-state index in [4.69, 9.17) is 0 Å². The summed E-state index contributed by atoms with van der Waals surface area (Å²) in [6.07, 6.45) is -1.45. The van der Waals surface area contributed by atoms with Gasteiger partial charge in [0.15, 0.2) is 0 Å². The summed E-state index contributed by atoms with van der Waals surface area (Å²) in [5.74, 6) is 0.306. The van der Waals surface area contributed by atoms with E-state index in [9.17, 15) is 18.0 Å². The van der Waals surface area contributed by atoms with Crippen molar-refractivity contribution < 1.29 is 22.6 Å². The van der Waals surface area contributed by atoms with Crippen molar-refractivity contribution in [1.82, 2.24) is 15.2 Å². The van der Waals surface area contributed by atoms with Crippen LogP contribution >= 0.6 is 0 Å². The molecule has 0 N–H and O–H groups in total. The molecule has 0 bridgehead atoms. The number of hydrogen-bond acceptors (Lipinski definition) is 4. The Morgan fingerprint density at radius 2 is 1.93 bits per heavy atom. The predicted octanol–water partition coefficient (Wildman–Crippen LogP) is 3.81. The first-order valence-corrected chi connectivity index (χ1v) is 9.05. The van der Waals surface area contributed by atoms with E-state index >= 15 is 0 Å². The summed E-state index contributed by atoms with van der Waals surface area (Å²) < 4.78 is 43.8. The molecule has 1 saturated heterocycles. The first kappa shape index (κ1) is 19.4. The lowest BCUT2D eigenvalue weighted by Crippen LogP contribution is -2.39. The van der Waals surface area contributed by atoms with Gasteiger partial charge in [-0.15, -0.1) is 0 Å². The van der Waals surface area contributed by atoms with Gasteiger partial charge in [0.1, 0.15) is 11.4 Å². The van der Waals surface area contributed by atoms with Crippen molar-refractivity contribution in [2.24, 2.45) is 5.92 Å². The monoisotopic (exact) mass is 381 g/mol. The van der Waals surface area contributed by atoms with E-state index in [0.29, 0.717) is 48.8 Å². The minimum absolute atomic E-state index is 0.0188. The van der Waals surface area contributed by atoms with Gasteiger partial charge in [0.2, 0.25) is 5.91 Å². The quantitative estimate of drug-likeness (QED) is 0.790. The smallest absolute Gasteiger partial charge is 0.342 e. The third kappa shape index (κ3) is 4.87. The molecule has 0 unspecified atom stereocenters. The second-order valence-corrected chi connectivity index (χ2v) is 6.99. The molecule has 0 aliphatic carbocycles. The van der Waals surface area contributed by atoms with E-state index in [1.165, 1.54) is 6.07 Å². The Hall–Kier alpha value is -2.38. The highest BCUT2D eigenvalue weighted by Crippen LogP contribution is 2.33. The minimum Gasteiger partial charge on any atom is -0.342 e. The summed E-state index contributed by atoms with van der Waals surface area (Å²) >= 11 is 0. The molecule has 8 heteroatoms. The Bertz CT molecular complexity index is 781. The van der Waals surface area contributed by atoms with Crippen LogP contribution in [0.25, 0.3) is 0 Å². The third-order valence-corrected chi connectivity index (χ3v) is 5.18. The topological polar surface area (TPSA) is 59.2 Å². The highest BCUT2D eigenvalue weighted by Gasteiger charge is 2.33. The van der Waals surface area contributed by atoms with Crippen LogP contribution in [0.2, 0.25) is 0 Å². The zero-order chi connectivity index (χ0) is 19.4. The van der Waals surface area contributed by atoms with Gasteiger partial charge in [-0.3, -0.25) is 4.79 Å². The molecule has 5 nitrogen and oxygen atoms in total. The summed E-state index contributed by atoms with van der Waals surface area (Å²) in [5, 5.41) is 7.40. The summed E-state index contributed by atoms with van der Waals surface area (Å²) in [6, 6.07) is 5.75. The van der Waals surface area contributed by atoms with Crippen molar-refractivity contribution >= 4 is 5.91 Å². The zero-order valence-corrected chi connectivity index (χ0v) is 15.1. The molecule has 1 aromatic heterocycles. The Balaban J connectivity index is 1.49. The van der Waals surface area contributed by atoms with E-state index in [2.05, 4.69) is 14.9 Å². The number of hydrogen-bond donors (Lipinski definition) is 0.